The van der Waals surface area contributed by atoms with Crippen LogP contribution >= 0.6 is 11.6 Å². The molecule has 0 saturated heterocycles. The van der Waals surface area contributed by atoms with Gasteiger partial charge in [-0.2, -0.15) is 0 Å². The third-order valence-electron chi connectivity index (χ3n) is 2.93. The Balaban J connectivity index is 2.41. The van der Waals surface area contributed by atoms with Crippen LogP contribution in [0.5, 0.6) is 5.75 Å². The third kappa shape index (κ3) is 2.50. The van der Waals surface area contributed by atoms with Gasteiger partial charge in [0, 0.05) is 10.6 Å². The highest BCUT2D eigenvalue weighted by Gasteiger charge is 2.15. The Labute approximate surface area is 112 Å². The lowest BCUT2D eigenvalue weighted by Crippen LogP contribution is -2.01. The highest BCUT2D eigenvalue weighted by molar-refractivity contribution is 6.32. The molecule has 0 spiro atoms. The van der Waals surface area contributed by atoms with Gasteiger partial charge in [0.15, 0.2) is 0 Å². The van der Waals surface area contributed by atoms with E-state index in [2.05, 4.69) is 0 Å². The first-order chi connectivity index (χ1) is 8.63. The summed E-state index contributed by atoms with van der Waals surface area (Å²) >= 11 is 6.22. The van der Waals surface area contributed by atoms with Crippen molar-refractivity contribution >= 4 is 11.6 Å². The van der Waals surface area contributed by atoms with Crippen LogP contribution in [0.3, 0.4) is 0 Å². The minimum absolute atomic E-state index is 0.604. The van der Waals surface area contributed by atoms with Gasteiger partial charge in [-0.05, 0) is 30.2 Å². The number of aliphatic hydroxyl groups is 1. The van der Waals surface area contributed by atoms with Crippen molar-refractivity contribution in [3.8, 4) is 5.75 Å². The minimum atomic E-state index is -0.743. The molecule has 94 valence electrons. The van der Waals surface area contributed by atoms with E-state index in [1.807, 2.05) is 49.4 Å². The zero-order valence-electron chi connectivity index (χ0n) is 10.4. The fourth-order valence-electron chi connectivity index (χ4n) is 1.87. The summed E-state index contributed by atoms with van der Waals surface area (Å²) in [6.45, 7) is 1.92. The summed E-state index contributed by atoms with van der Waals surface area (Å²) in [5.74, 6) is 0.718. The van der Waals surface area contributed by atoms with Gasteiger partial charge in [-0.1, -0.05) is 41.9 Å². The van der Waals surface area contributed by atoms with E-state index in [1.54, 1.807) is 7.11 Å². The molecule has 0 aromatic heterocycles. The summed E-state index contributed by atoms with van der Waals surface area (Å²) in [6, 6.07) is 13.0. The lowest BCUT2D eigenvalue weighted by atomic mass is 10.00. The molecular formula is C15H15ClO2. The van der Waals surface area contributed by atoms with Crippen LogP contribution in [-0.4, -0.2) is 12.2 Å². The first kappa shape index (κ1) is 12.9. The van der Waals surface area contributed by atoms with Crippen LogP contribution in [0.2, 0.25) is 5.02 Å². The summed E-state index contributed by atoms with van der Waals surface area (Å²) in [7, 11) is 1.60. The number of halogens is 1. The van der Waals surface area contributed by atoms with Crippen molar-refractivity contribution in [1.29, 1.82) is 0 Å². The fraction of sp³-hybridized carbons (Fsp3) is 0.200. The summed E-state index contributed by atoms with van der Waals surface area (Å²) in [5, 5.41) is 11.0. The molecule has 2 aromatic rings. The molecule has 0 heterocycles. The Morgan fingerprint density at radius 3 is 2.61 bits per heavy atom. The zero-order valence-corrected chi connectivity index (χ0v) is 11.1. The molecule has 0 aliphatic carbocycles. The Kier molecular flexibility index (Phi) is 3.90. The Morgan fingerprint density at radius 1 is 1.17 bits per heavy atom. The van der Waals surface area contributed by atoms with Gasteiger partial charge in [0.1, 0.15) is 11.9 Å². The van der Waals surface area contributed by atoms with Crippen LogP contribution in [0.15, 0.2) is 42.5 Å². The van der Waals surface area contributed by atoms with Gasteiger partial charge >= 0.3 is 0 Å². The molecule has 2 rings (SSSR count). The van der Waals surface area contributed by atoms with Gasteiger partial charge in [-0.3, -0.25) is 0 Å². The summed E-state index contributed by atoms with van der Waals surface area (Å²) in [5.41, 5.74) is 2.43. The second kappa shape index (κ2) is 5.42. The van der Waals surface area contributed by atoms with E-state index in [0.717, 1.165) is 16.9 Å². The number of rotatable bonds is 3. The molecule has 0 radical (unpaired) electrons. The Bertz CT molecular complexity index is 552. The number of hydrogen-bond acceptors (Lipinski definition) is 2. The molecule has 0 amide bonds. The van der Waals surface area contributed by atoms with Gasteiger partial charge in [-0.15, -0.1) is 0 Å². The number of benzene rings is 2. The zero-order chi connectivity index (χ0) is 13.1. The quantitative estimate of drug-likeness (QED) is 0.913. The summed E-state index contributed by atoms with van der Waals surface area (Å²) in [6.07, 6.45) is -0.743. The first-order valence-electron chi connectivity index (χ1n) is 5.70. The van der Waals surface area contributed by atoms with Crippen LogP contribution in [-0.2, 0) is 0 Å². The van der Waals surface area contributed by atoms with Crippen molar-refractivity contribution < 1.29 is 9.84 Å². The molecule has 2 aromatic carbocycles. The van der Waals surface area contributed by atoms with E-state index < -0.39 is 6.10 Å². The predicted octanol–water partition coefficient (Wildman–Crippen LogP) is 3.74. The van der Waals surface area contributed by atoms with Crippen molar-refractivity contribution in [2.75, 3.05) is 7.11 Å². The smallest absolute Gasteiger partial charge is 0.119 e. The van der Waals surface area contributed by atoms with Crippen LogP contribution < -0.4 is 4.74 Å². The Morgan fingerprint density at radius 2 is 1.89 bits per heavy atom. The van der Waals surface area contributed by atoms with Crippen LogP contribution in [0.1, 0.15) is 22.8 Å². The van der Waals surface area contributed by atoms with E-state index in [1.165, 1.54) is 0 Å². The molecular weight excluding hydrogens is 248 g/mol. The highest BCUT2D eigenvalue weighted by Crippen LogP contribution is 2.31. The van der Waals surface area contributed by atoms with Crippen molar-refractivity contribution in [2.24, 2.45) is 0 Å². The number of aryl methyl sites for hydroxylation is 1. The molecule has 2 nitrogen and oxygen atoms in total. The second-order valence-electron chi connectivity index (χ2n) is 4.16. The second-order valence-corrected chi connectivity index (χ2v) is 4.54. The van der Waals surface area contributed by atoms with Crippen molar-refractivity contribution in [3.63, 3.8) is 0 Å². The fourth-order valence-corrected chi connectivity index (χ4v) is 2.10. The van der Waals surface area contributed by atoms with E-state index in [9.17, 15) is 5.11 Å². The highest BCUT2D eigenvalue weighted by atomic mass is 35.5. The average Bonchev–Trinajstić information content (AvgIpc) is 2.41. The van der Waals surface area contributed by atoms with Crippen LogP contribution in [0.25, 0.3) is 0 Å². The third-order valence-corrected chi connectivity index (χ3v) is 3.44. The molecule has 1 unspecified atom stereocenters. The monoisotopic (exact) mass is 262 g/mol. The molecule has 1 atom stereocenters. The van der Waals surface area contributed by atoms with E-state index in [-0.39, 0.29) is 0 Å². The van der Waals surface area contributed by atoms with Gasteiger partial charge in [0.2, 0.25) is 0 Å². The Hall–Kier alpha value is -1.51. The van der Waals surface area contributed by atoms with Gasteiger partial charge in [-0.25, -0.2) is 0 Å². The van der Waals surface area contributed by atoms with Crippen LogP contribution in [0.4, 0.5) is 0 Å². The predicted molar refractivity (Wildman–Crippen MR) is 73.2 cm³/mol. The van der Waals surface area contributed by atoms with Crippen molar-refractivity contribution in [2.45, 2.75) is 13.0 Å². The maximum atomic E-state index is 10.4. The van der Waals surface area contributed by atoms with Crippen molar-refractivity contribution in [1.82, 2.24) is 0 Å². The molecule has 18 heavy (non-hydrogen) atoms. The van der Waals surface area contributed by atoms with Gasteiger partial charge in [0.05, 0.1) is 7.11 Å². The standard InChI is InChI=1S/C15H15ClO2/c1-10-5-3-8-13(14(10)16)15(17)11-6-4-7-12(9-11)18-2/h3-9,15,17H,1-2H3. The lowest BCUT2D eigenvalue weighted by Gasteiger charge is -2.15. The minimum Gasteiger partial charge on any atom is -0.497 e. The molecule has 0 aliphatic rings. The average molecular weight is 263 g/mol. The topological polar surface area (TPSA) is 29.5 Å². The number of ether oxygens (including phenoxy) is 1. The van der Waals surface area contributed by atoms with Gasteiger partial charge < -0.3 is 9.84 Å². The lowest BCUT2D eigenvalue weighted by molar-refractivity contribution is 0.220. The van der Waals surface area contributed by atoms with Gasteiger partial charge in [0.25, 0.3) is 0 Å². The maximum absolute atomic E-state index is 10.4. The van der Waals surface area contributed by atoms with Crippen molar-refractivity contribution in [3.05, 3.63) is 64.2 Å². The first-order valence-corrected chi connectivity index (χ1v) is 6.08. The summed E-state index contributed by atoms with van der Waals surface area (Å²) in [4.78, 5) is 0. The normalized spacial score (nSPS) is 12.2. The molecule has 0 bridgehead atoms. The molecule has 1 N–H and O–H groups in total. The largest absolute Gasteiger partial charge is 0.497 e. The molecule has 0 aliphatic heterocycles. The van der Waals surface area contributed by atoms with E-state index >= 15 is 0 Å². The molecule has 0 saturated carbocycles. The SMILES string of the molecule is COc1cccc(C(O)c2cccc(C)c2Cl)c1. The number of aliphatic hydroxyl groups excluding tert-OH is 1. The van der Waals surface area contributed by atoms with E-state index in [0.29, 0.717) is 10.6 Å². The molecule has 3 heteroatoms. The van der Waals surface area contributed by atoms with E-state index in [4.69, 9.17) is 16.3 Å². The van der Waals surface area contributed by atoms with Crippen LogP contribution in [0, 0.1) is 6.92 Å². The number of hydrogen-bond donors (Lipinski definition) is 1. The maximum Gasteiger partial charge on any atom is 0.119 e. The molecule has 0 fully saturated rings. The number of methoxy groups -OCH3 is 1. The summed E-state index contributed by atoms with van der Waals surface area (Å²) < 4.78 is 5.15.